The maximum Gasteiger partial charge on any atom is 0.246 e. The normalized spacial score (nSPS) is 18.4. The van der Waals surface area contributed by atoms with Crippen molar-refractivity contribution in [2.24, 2.45) is 47.0 Å². The number of nitrogens with zero attached hydrogens (tertiary/aromatic N) is 3. The fourth-order valence-electron chi connectivity index (χ4n) is 17.6. The standard InChI is InChI=1S/C52H72N10O10.C47H72N4O13S2/c1-31(23-45(67)47(56-3)32(2)63)51(71)61-21-9-14-41(61)44(66)26-35(13-7-8-16-46(53)54)49(69)60-40(25-33-11-5-4-6-12-33)52(72)62-22-10-15-42(62)50(70)59-39(28-37-29-57-30-58-37)43(65)27-36(48(55)68)24-34-17-19-38(64)20-18-34;1-32(52)36(24-34-10-5-4-6-11-34)25-38(55)28-49-47(60)35(15-23-65-3)26-41(56)46(33(2)53)51-45(59)30-64-22-20-62-18-16-48-44(58)29-63-21-19-61-17-9-13-37(54)12-7-8-14-42-39-27-43(57)50-40(39)31-66-42/h4-6,11-12,17-20,29-32,35-36,39-42,47,56,63-64H,7-10,13-16,21-28H2,1-3H3,(H3,53,54)(H2,55,68)(H,57,58)(H,59,70)(H,60,69);4-6,10-11,33,35-36,39-40,42,46,53H,7-9,12-31H2,1-3H3,(H,48,58)(H,49,60)(H,50,57)(H,51,59)/t31-,32-,35-,36-,39+,40+,41+,42+,47+;33-,35-,36-,39+,40+,42+,46+/m11/s1. The maximum absolute atomic E-state index is 14.8. The average Bonchev–Trinajstić information content (AvgIpc) is 1.68. The number of hydrogen-bond acceptors (Lipinski definition) is 28. The molecule has 0 bridgehead atoms. The summed E-state index contributed by atoms with van der Waals surface area (Å²) in [5, 5.41) is 57.8. The molecule has 4 aliphatic heterocycles. The molecule has 1 aromatic heterocycles. The first kappa shape index (κ1) is 114. The Morgan fingerprint density at radius 3 is 1.82 bits per heavy atom. The number of amidine groups is 1. The van der Waals surface area contributed by atoms with E-state index in [1.165, 1.54) is 67.0 Å². The number of nitrogens with one attached hydrogen (secondary N) is 9. The topological polar surface area (TPSA) is 566 Å². The third-order valence-corrected chi connectivity index (χ3v) is 27.4. The van der Waals surface area contributed by atoms with Gasteiger partial charge in [0.15, 0.2) is 28.9 Å². The first-order chi connectivity index (χ1) is 66.1. The number of Topliss-reactive ketones (excluding diaryl/α,β-unsaturated/α-hetero) is 7. The van der Waals surface area contributed by atoms with E-state index in [1.54, 1.807) is 50.4 Å². The number of phenolic OH excluding ortho intramolecular Hbond substituents is 1. The first-order valence-corrected chi connectivity index (χ1v) is 50.5. The van der Waals surface area contributed by atoms with Crippen LogP contribution in [0.15, 0.2) is 97.5 Å². The van der Waals surface area contributed by atoms with Crippen LogP contribution < -0.4 is 48.7 Å². The number of aromatic hydroxyl groups is 1. The summed E-state index contributed by atoms with van der Waals surface area (Å²) in [5.41, 5.74) is 14.2. The smallest absolute Gasteiger partial charge is 0.246 e. The van der Waals surface area contributed by atoms with Crippen LogP contribution in [0.4, 0.5) is 0 Å². The van der Waals surface area contributed by atoms with Gasteiger partial charge in [0.1, 0.15) is 48.7 Å². The Morgan fingerprint density at radius 2 is 1.19 bits per heavy atom. The molecule has 16 N–H and O–H groups in total. The quantitative estimate of drug-likeness (QED) is 0.0167. The van der Waals surface area contributed by atoms with Crippen LogP contribution in [-0.2, 0) is 121 Å². The monoisotopic (exact) mass is 1960 g/mol. The number of unbranched alkanes of at least 4 members (excludes halogenated alkanes) is 2. The number of aliphatic hydroxyl groups is 2. The number of rotatable bonds is 67. The lowest BCUT2D eigenvalue weighted by atomic mass is 9.90. The van der Waals surface area contributed by atoms with Gasteiger partial charge in [-0.05, 0) is 146 Å². The van der Waals surface area contributed by atoms with E-state index >= 15 is 0 Å². The van der Waals surface area contributed by atoms with Gasteiger partial charge in [0, 0.05) is 161 Å². The van der Waals surface area contributed by atoms with Gasteiger partial charge in [-0.2, -0.15) is 23.5 Å². The number of nitrogens with two attached hydrogens (primary N) is 2. The molecule has 0 aliphatic carbocycles. The molecule has 39 heteroatoms. The Morgan fingerprint density at radius 1 is 0.594 bits per heavy atom. The predicted molar refractivity (Wildman–Crippen MR) is 519 cm³/mol. The van der Waals surface area contributed by atoms with E-state index in [9.17, 15) is 92.0 Å². The number of likely N-dealkylation sites (tertiary alicyclic amines) is 2. The van der Waals surface area contributed by atoms with Crippen molar-refractivity contribution >= 4 is 123 Å². The fraction of sp³-hybridized carbons (Fsp3) is 0.616. The number of aliphatic hydroxyl groups excluding tert-OH is 2. The van der Waals surface area contributed by atoms with Crippen molar-refractivity contribution in [1.29, 1.82) is 5.41 Å². The van der Waals surface area contributed by atoms with Crippen molar-refractivity contribution in [3.63, 3.8) is 0 Å². The van der Waals surface area contributed by atoms with Crippen molar-refractivity contribution < 1.29 is 111 Å². The summed E-state index contributed by atoms with van der Waals surface area (Å²) in [4.78, 5) is 221. The Kier molecular flexibility index (Phi) is 51.3. The highest BCUT2D eigenvalue weighted by Crippen LogP contribution is 2.41. The number of aromatic nitrogens is 2. The zero-order valence-corrected chi connectivity index (χ0v) is 82.0. The minimum absolute atomic E-state index is 0.00167. The van der Waals surface area contributed by atoms with Crippen molar-refractivity contribution in [1.82, 2.24) is 57.0 Å². The largest absolute Gasteiger partial charge is 0.508 e. The second kappa shape index (κ2) is 61.8. The SMILES string of the molecule is CN[C@H](C(=O)C[C@@H](C)C(=O)N1CCC[C@H]1C(=O)C[C@@H](CCCCC(=N)N)C(=O)N[C@@H](Cc1ccccc1)C(=O)N1CCC[C@H]1C(=O)N[C@@H](Cc1cnc[nH]1)C(=O)C[C@@H](Cc1ccc(O)cc1)C(N)=O)[C@@H](C)O.CSCC[C@H](CC(=O)[C@@H](NC(=O)COCCOCCNC(=O)COCCOCCCC(=O)CCCC[C@@H]1SC[C@@H]2NC(=O)C[C@@H]21)[C@@H](C)O)C(=O)NCC(=O)C[C@@H](Cc1ccccc1)C(C)=O. The molecule has 4 aromatic rings. The lowest BCUT2D eigenvalue weighted by molar-refractivity contribution is -0.144. The maximum atomic E-state index is 14.8. The molecule has 4 saturated heterocycles. The third kappa shape index (κ3) is 40.7. The molecule has 8 rings (SSSR count). The number of primary amides is 1. The van der Waals surface area contributed by atoms with Gasteiger partial charge in [-0.15, -0.1) is 0 Å². The highest BCUT2D eigenvalue weighted by Gasteiger charge is 2.45. The van der Waals surface area contributed by atoms with E-state index in [4.69, 9.17) is 35.8 Å². The molecule has 5 heterocycles. The summed E-state index contributed by atoms with van der Waals surface area (Å²) in [5.74, 6) is -7.99. The molecule has 0 radical (unpaired) electrons. The van der Waals surface area contributed by atoms with Crippen LogP contribution in [0.2, 0.25) is 0 Å². The van der Waals surface area contributed by atoms with Gasteiger partial charge in [0.2, 0.25) is 53.2 Å². The molecular weight excluding hydrogens is 1820 g/mol. The number of hydrogen-bond donors (Lipinski definition) is 14. The van der Waals surface area contributed by atoms with Gasteiger partial charge < -0.3 is 97.7 Å². The number of aromatic amines is 1. The van der Waals surface area contributed by atoms with E-state index in [-0.39, 0.29) is 182 Å². The summed E-state index contributed by atoms with van der Waals surface area (Å²) in [6.07, 6.45) is 10.7. The van der Waals surface area contributed by atoms with Gasteiger partial charge >= 0.3 is 0 Å². The second-order valence-electron chi connectivity index (χ2n) is 36.2. The molecule has 16 atom stereocenters. The molecule has 0 saturated carbocycles. The van der Waals surface area contributed by atoms with Crippen molar-refractivity contribution in [2.45, 2.75) is 248 Å². The van der Waals surface area contributed by atoms with Crippen LogP contribution in [0, 0.1) is 40.9 Å². The number of phenols is 1. The van der Waals surface area contributed by atoms with Gasteiger partial charge in [-0.25, -0.2) is 4.98 Å². The van der Waals surface area contributed by atoms with Crippen LogP contribution in [0.25, 0.3) is 0 Å². The number of likely N-dealkylation sites (N-methyl/N-ethyl adjacent to an activating group) is 1. The second-order valence-corrected chi connectivity index (χ2v) is 38.5. The van der Waals surface area contributed by atoms with Gasteiger partial charge in [-0.3, -0.25) is 82.1 Å². The number of thioether (sulfide) groups is 2. The van der Waals surface area contributed by atoms with Crippen LogP contribution in [0.3, 0.4) is 0 Å². The molecule has 37 nitrogen and oxygen atoms in total. The first-order valence-electron chi connectivity index (χ1n) is 48.0. The summed E-state index contributed by atoms with van der Waals surface area (Å²) in [6.45, 7) is 7.08. The number of ketones is 7. The summed E-state index contributed by atoms with van der Waals surface area (Å²) >= 11 is 3.43. The molecule has 760 valence electrons. The van der Waals surface area contributed by atoms with Crippen LogP contribution in [0.5, 0.6) is 5.75 Å². The predicted octanol–water partition coefficient (Wildman–Crippen LogP) is 4.21. The number of benzene rings is 3. The van der Waals surface area contributed by atoms with Crippen molar-refractivity contribution in [3.05, 3.63) is 120 Å². The number of fused-ring (bicyclic) bond motifs is 1. The molecule has 4 aliphatic rings. The number of amides is 9. The summed E-state index contributed by atoms with van der Waals surface area (Å²) < 4.78 is 21.6. The minimum Gasteiger partial charge on any atom is -0.508 e. The molecule has 9 amide bonds. The van der Waals surface area contributed by atoms with Crippen LogP contribution in [-0.4, -0.2) is 298 Å². The van der Waals surface area contributed by atoms with Gasteiger partial charge in [0.25, 0.3) is 0 Å². The zero-order chi connectivity index (χ0) is 101. The lowest BCUT2D eigenvalue weighted by Gasteiger charge is -2.31. The highest BCUT2D eigenvalue weighted by atomic mass is 32.2. The Bertz CT molecular complexity index is 4590. The lowest BCUT2D eigenvalue weighted by Crippen LogP contribution is -2.56. The number of carbonyl (C=O) groups is 16. The number of imidazole rings is 1. The van der Waals surface area contributed by atoms with E-state index in [0.29, 0.717) is 130 Å². The highest BCUT2D eigenvalue weighted by molar-refractivity contribution is 8.00. The molecule has 3 aromatic carbocycles. The number of ether oxygens (including phenoxy) is 4. The summed E-state index contributed by atoms with van der Waals surface area (Å²) in [6, 6.07) is 18.5. The molecule has 4 fully saturated rings. The third-order valence-electron chi connectivity index (χ3n) is 25.2. The molecular formula is C99H144N14O23S2. The van der Waals surface area contributed by atoms with E-state index in [1.807, 2.05) is 54.4 Å². The van der Waals surface area contributed by atoms with Gasteiger partial charge in [0.05, 0.1) is 82.1 Å². The minimum atomic E-state index is -1.29. The fourth-order valence-corrected chi connectivity index (χ4v) is 19.7. The Balaban J connectivity index is 0.000000377. The number of carbonyl (C=O) groups excluding carboxylic acids is 16. The van der Waals surface area contributed by atoms with Crippen molar-refractivity contribution in [3.8, 4) is 5.75 Å². The summed E-state index contributed by atoms with van der Waals surface area (Å²) in [7, 11) is 1.55. The Labute approximate surface area is 816 Å². The molecule has 0 unspecified atom stereocenters. The van der Waals surface area contributed by atoms with Crippen molar-refractivity contribution in [2.75, 3.05) is 104 Å². The Hall–Kier alpha value is -10.5. The van der Waals surface area contributed by atoms with E-state index in [0.717, 1.165) is 30.6 Å². The van der Waals surface area contributed by atoms with Crippen LogP contribution >= 0.6 is 23.5 Å². The number of H-pyrrole nitrogens is 1. The van der Waals surface area contributed by atoms with Crippen LogP contribution in [0.1, 0.15) is 185 Å². The average molecular weight is 1960 g/mol. The van der Waals surface area contributed by atoms with E-state index < -0.39 is 132 Å². The zero-order valence-electron chi connectivity index (χ0n) is 80.4. The van der Waals surface area contributed by atoms with E-state index in [2.05, 4.69) is 47.2 Å². The molecule has 0 spiro atoms. The molecule has 138 heavy (non-hydrogen) atoms. The van der Waals surface area contributed by atoms with Gasteiger partial charge in [-0.1, -0.05) is 92.6 Å².